The van der Waals surface area contributed by atoms with Crippen LogP contribution in [0.3, 0.4) is 0 Å². The van der Waals surface area contributed by atoms with E-state index in [-0.39, 0.29) is 27.2 Å². The average molecular weight is 876 g/mol. The van der Waals surface area contributed by atoms with Gasteiger partial charge in [0.15, 0.2) is 7.38 Å². The van der Waals surface area contributed by atoms with Gasteiger partial charge in [-0.05, 0) is 129 Å². The summed E-state index contributed by atoms with van der Waals surface area (Å²) >= 11 is 7.00. The van der Waals surface area contributed by atoms with Crippen LogP contribution in [0.1, 0.15) is 167 Å². The van der Waals surface area contributed by atoms with Crippen LogP contribution in [0, 0.1) is 0 Å². The van der Waals surface area contributed by atoms with E-state index in [1.807, 2.05) is 0 Å². The lowest BCUT2D eigenvalue weighted by Crippen LogP contribution is -2.28. The molecule has 1 fully saturated rings. The van der Waals surface area contributed by atoms with Gasteiger partial charge in [0.1, 0.15) is 11.5 Å². The van der Waals surface area contributed by atoms with Crippen LogP contribution in [0.15, 0.2) is 71.8 Å². The molecule has 1 heterocycles. The predicted molar refractivity (Wildman–Crippen MR) is 273 cm³/mol. The molecule has 0 amide bonds. The highest BCUT2D eigenvalue weighted by Crippen LogP contribution is 2.51. The van der Waals surface area contributed by atoms with Crippen LogP contribution in [0.5, 0.6) is 11.5 Å². The Kier molecular flexibility index (Phi) is 14.7. The minimum atomic E-state index is -1.97. The lowest BCUT2D eigenvalue weighted by atomic mass is 9.78. The summed E-state index contributed by atoms with van der Waals surface area (Å²) in [5.74, 6) is 1.93. The minimum Gasteiger partial charge on any atom is -0.496 e. The molecule has 1 aliphatic heterocycles. The zero-order valence-corrected chi connectivity index (χ0v) is 43.8. The Morgan fingerprint density at radius 1 is 0.613 bits per heavy atom. The van der Waals surface area contributed by atoms with E-state index in [0.717, 1.165) is 24.5 Å². The van der Waals surface area contributed by atoms with Gasteiger partial charge in [0.25, 0.3) is 0 Å². The number of hydrogen-bond donors (Lipinski definition) is 0. The highest BCUT2D eigenvalue weighted by atomic mass is 35.6. The Morgan fingerprint density at radius 3 is 1.45 bits per heavy atom. The summed E-state index contributed by atoms with van der Waals surface area (Å²) in [7, 11) is 1.56. The van der Waals surface area contributed by atoms with E-state index in [0.29, 0.717) is 6.10 Å². The second-order valence-corrected chi connectivity index (χ2v) is 29.5. The predicted octanol–water partition coefficient (Wildman–Crippen LogP) is 16.5. The summed E-state index contributed by atoms with van der Waals surface area (Å²) in [4.78, 5) is 0. The Bertz CT molecular complexity index is 2240. The monoisotopic (exact) mass is 875 g/mol. The number of benzene rings is 4. The zero-order valence-electron chi connectivity index (χ0n) is 42.0. The molecule has 5 heteroatoms. The standard InChI is InChI=1S/C27H37ClOSi.C25H32O.C5H10O/c1-17-13-22-21(11-12-23(29-8)24(22)25(17)30(9,10)28)18-14-19(26(2,3)4)16-20(15-18)27(5,6)7;1-16-11-21-20(9-10-23(26-8)22(21)12-16)17-13-18(24(2,3)4)15-19(14-17)25(5,6)7;1-5-3-2-4-6-5/h11-16,25H,1-10H3;9-10,12-15H,11H2,1-8H3;5H,2-4H2,1H3. The van der Waals surface area contributed by atoms with Crippen LogP contribution in [-0.2, 0) is 32.8 Å². The topological polar surface area (TPSA) is 27.7 Å². The smallest absolute Gasteiger partial charge is 0.161 e. The quantitative estimate of drug-likeness (QED) is 0.148. The molecule has 0 saturated carbocycles. The largest absolute Gasteiger partial charge is 0.496 e. The van der Waals surface area contributed by atoms with Gasteiger partial charge in [0, 0.05) is 23.3 Å². The van der Waals surface area contributed by atoms with E-state index in [9.17, 15) is 0 Å². The molecule has 0 radical (unpaired) electrons. The van der Waals surface area contributed by atoms with Crippen LogP contribution < -0.4 is 9.47 Å². The van der Waals surface area contributed by atoms with Gasteiger partial charge >= 0.3 is 0 Å². The summed E-state index contributed by atoms with van der Waals surface area (Å²) in [5.41, 5.74) is 19.4. The van der Waals surface area contributed by atoms with Gasteiger partial charge < -0.3 is 14.2 Å². The van der Waals surface area contributed by atoms with Crippen LogP contribution in [0.25, 0.3) is 34.4 Å². The molecule has 7 rings (SSSR count). The van der Waals surface area contributed by atoms with Crippen molar-refractivity contribution in [2.45, 2.75) is 170 Å². The van der Waals surface area contributed by atoms with E-state index in [4.69, 9.17) is 25.3 Å². The molecular formula is C57H79ClO3Si. The molecule has 3 nitrogen and oxygen atoms in total. The second kappa shape index (κ2) is 18.5. The molecule has 62 heavy (non-hydrogen) atoms. The Balaban J connectivity index is 0.000000207. The molecule has 3 aliphatic rings. The van der Waals surface area contributed by atoms with Crippen molar-refractivity contribution in [1.29, 1.82) is 0 Å². The van der Waals surface area contributed by atoms with E-state index in [1.165, 1.54) is 90.7 Å². The Morgan fingerprint density at radius 2 is 1.06 bits per heavy atom. The third-order valence-electron chi connectivity index (χ3n) is 12.8. The maximum Gasteiger partial charge on any atom is 0.161 e. The number of hydrogen-bond acceptors (Lipinski definition) is 3. The zero-order chi connectivity index (χ0) is 46.3. The van der Waals surface area contributed by atoms with Crippen LogP contribution in [0.4, 0.5) is 0 Å². The summed E-state index contributed by atoms with van der Waals surface area (Å²) in [6.45, 7) is 39.5. The molecule has 4 aromatic carbocycles. The third kappa shape index (κ3) is 11.4. The van der Waals surface area contributed by atoms with Crippen LogP contribution >= 0.6 is 11.1 Å². The normalized spacial score (nSPS) is 17.5. The first-order chi connectivity index (χ1) is 28.5. The third-order valence-corrected chi connectivity index (χ3v) is 15.5. The number of allylic oxidation sites excluding steroid dienone is 2. The van der Waals surface area contributed by atoms with E-state index in [2.05, 4.69) is 190 Å². The number of methoxy groups -OCH3 is 2. The molecule has 2 atom stereocenters. The summed E-state index contributed by atoms with van der Waals surface area (Å²) in [5, 5.41) is 0. The lowest BCUT2D eigenvalue weighted by molar-refractivity contribution is 0.125. The van der Waals surface area contributed by atoms with Crippen molar-refractivity contribution in [3.05, 3.63) is 116 Å². The molecule has 2 unspecified atom stereocenters. The number of fused-ring (bicyclic) bond motifs is 2. The fourth-order valence-electron chi connectivity index (χ4n) is 8.98. The first-order valence-corrected chi connectivity index (χ1v) is 27.0. The van der Waals surface area contributed by atoms with E-state index < -0.39 is 7.38 Å². The van der Waals surface area contributed by atoms with Gasteiger partial charge in [-0.15, -0.1) is 0 Å². The van der Waals surface area contributed by atoms with Crippen molar-refractivity contribution < 1.29 is 14.2 Å². The van der Waals surface area contributed by atoms with Gasteiger partial charge in [-0.1, -0.05) is 168 Å². The molecule has 0 N–H and O–H groups in total. The molecule has 0 spiro atoms. The average Bonchev–Trinajstić information content (AvgIpc) is 3.90. The molecule has 4 aromatic rings. The first kappa shape index (κ1) is 49.4. The number of halogens is 1. The lowest BCUT2D eigenvalue weighted by Gasteiger charge is -2.28. The van der Waals surface area contributed by atoms with Crippen molar-refractivity contribution in [2.75, 3.05) is 20.8 Å². The Labute approximate surface area is 383 Å². The SMILES string of the molecule is CC1CCCO1.COc1ccc(-c2cc(C(C)(C)C)cc(C(C)(C)C)c2)c2c1C([Si](C)(C)Cl)C(C)=C2.COc1ccc(-c2cc(C(C)(C)C)cc(C(C)(C)C)c2)c2c1C=C(C)C2. The molecule has 336 valence electrons. The Hall–Kier alpha value is -3.57. The van der Waals surface area contributed by atoms with Crippen molar-refractivity contribution in [2.24, 2.45) is 0 Å². The molecule has 0 aromatic heterocycles. The second-order valence-electron chi connectivity index (χ2n) is 22.8. The van der Waals surface area contributed by atoms with Crippen molar-refractivity contribution in [3.8, 4) is 33.8 Å². The maximum absolute atomic E-state index is 7.00. The first-order valence-electron chi connectivity index (χ1n) is 22.9. The maximum atomic E-state index is 7.00. The molecule has 0 bridgehead atoms. The summed E-state index contributed by atoms with van der Waals surface area (Å²) < 4.78 is 16.6. The minimum absolute atomic E-state index is 0.0883. The summed E-state index contributed by atoms with van der Waals surface area (Å²) in [6, 6.07) is 23.0. The van der Waals surface area contributed by atoms with Gasteiger partial charge in [0.2, 0.25) is 0 Å². The molecule has 2 aliphatic carbocycles. The van der Waals surface area contributed by atoms with Gasteiger partial charge in [-0.3, -0.25) is 0 Å². The van der Waals surface area contributed by atoms with Crippen molar-refractivity contribution in [1.82, 2.24) is 0 Å². The van der Waals surface area contributed by atoms with E-state index >= 15 is 0 Å². The fraction of sp³-hybridized carbons (Fsp3) is 0.509. The highest BCUT2D eigenvalue weighted by molar-refractivity contribution is 7.20. The summed E-state index contributed by atoms with van der Waals surface area (Å²) in [6.07, 6.45) is 8.70. The fourth-order valence-corrected chi connectivity index (χ4v) is 12.0. The van der Waals surface area contributed by atoms with Gasteiger partial charge in [0.05, 0.1) is 20.3 Å². The number of rotatable bonds is 5. The van der Waals surface area contributed by atoms with Crippen molar-refractivity contribution >= 4 is 30.6 Å². The van der Waals surface area contributed by atoms with Gasteiger partial charge in [-0.2, -0.15) is 11.1 Å². The van der Waals surface area contributed by atoms with Crippen molar-refractivity contribution in [3.63, 3.8) is 0 Å². The van der Waals surface area contributed by atoms with Gasteiger partial charge in [-0.25, -0.2) is 0 Å². The highest BCUT2D eigenvalue weighted by Gasteiger charge is 2.40. The molecular weight excluding hydrogens is 796 g/mol. The molecule has 1 saturated heterocycles. The number of ether oxygens (including phenoxy) is 3. The van der Waals surface area contributed by atoms with Crippen LogP contribution in [-0.4, -0.2) is 34.3 Å². The van der Waals surface area contributed by atoms with E-state index in [1.54, 1.807) is 14.2 Å². The van der Waals surface area contributed by atoms with Crippen LogP contribution in [0.2, 0.25) is 13.1 Å².